The Morgan fingerprint density at radius 1 is 1.45 bits per heavy atom. The molecule has 1 aromatic heterocycles. The van der Waals surface area contributed by atoms with E-state index in [9.17, 15) is 4.79 Å². The molecule has 0 unspecified atom stereocenters. The zero-order valence-corrected chi connectivity index (χ0v) is 13.6. The molecule has 20 heavy (non-hydrogen) atoms. The van der Waals surface area contributed by atoms with Crippen molar-refractivity contribution in [3.05, 3.63) is 50.1 Å². The largest absolute Gasteiger partial charge is 0.384 e. The molecular weight excluding hydrogens is 336 g/mol. The van der Waals surface area contributed by atoms with Gasteiger partial charge in [0.25, 0.3) is 5.91 Å². The first kappa shape index (κ1) is 13.6. The van der Waals surface area contributed by atoms with Gasteiger partial charge in [0.15, 0.2) is 0 Å². The van der Waals surface area contributed by atoms with Gasteiger partial charge in [-0.2, -0.15) is 0 Å². The van der Waals surface area contributed by atoms with Crippen LogP contribution in [0.2, 0.25) is 0 Å². The average Bonchev–Trinajstić information content (AvgIpc) is 3.05. The molecule has 1 amide bonds. The number of halogens is 1. The van der Waals surface area contributed by atoms with Crippen LogP contribution in [0.3, 0.4) is 0 Å². The highest BCUT2D eigenvalue weighted by Gasteiger charge is 2.16. The molecule has 0 bridgehead atoms. The van der Waals surface area contributed by atoms with Crippen molar-refractivity contribution in [1.82, 2.24) is 4.90 Å². The van der Waals surface area contributed by atoms with Crippen molar-refractivity contribution < 1.29 is 4.79 Å². The average molecular weight is 351 g/mol. The lowest BCUT2D eigenvalue weighted by atomic mass is 10.1. The molecule has 0 fully saturated rings. The molecule has 1 aliphatic rings. The van der Waals surface area contributed by atoms with Crippen molar-refractivity contribution >= 4 is 38.9 Å². The first-order valence-corrected chi connectivity index (χ1v) is 8.16. The molecule has 1 N–H and O–H groups in total. The van der Waals surface area contributed by atoms with Gasteiger partial charge in [0, 0.05) is 39.6 Å². The van der Waals surface area contributed by atoms with Crippen molar-refractivity contribution in [2.24, 2.45) is 0 Å². The van der Waals surface area contributed by atoms with Crippen LogP contribution in [0, 0.1) is 0 Å². The van der Waals surface area contributed by atoms with Gasteiger partial charge >= 0.3 is 0 Å². The van der Waals surface area contributed by atoms with Gasteiger partial charge in [-0.05, 0) is 46.1 Å². The zero-order chi connectivity index (χ0) is 14.1. The lowest BCUT2D eigenvalue weighted by Gasteiger charge is -2.16. The predicted molar refractivity (Wildman–Crippen MR) is 86.5 cm³/mol. The highest BCUT2D eigenvalue weighted by atomic mass is 79.9. The van der Waals surface area contributed by atoms with Crippen LogP contribution in [0.4, 0.5) is 5.69 Å². The summed E-state index contributed by atoms with van der Waals surface area (Å²) >= 11 is 5.09. The molecule has 104 valence electrons. The molecule has 3 nitrogen and oxygen atoms in total. The minimum atomic E-state index is 0.0611. The minimum Gasteiger partial charge on any atom is -0.384 e. The molecule has 0 spiro atoms. The van der Waals surface area contributed by atoms with Crippen LogP contribution >= 0.6 is 27.3 Å². The van der Waals surface area contributed by atoms with E-state index in [1.54, 1.807) is 16.2 Å². The van der Waals surface area contributed by atoms with Crippen LogP contribution in [-0.4, -0.2) is 24.4 Å². The highest BCUT2D eigenvalue weighted by Crippen LogP contribution is 2.25. The third-order valence-electron chi connectivity index (χ3n) is 3.43. The van der Waals surface area contributed by atoms with E-state index in [4.69, 9.17) is 0 Å². The normalized spacial score (nSPS) is 12.9. The Morgan fingerprint density at radius 3 is 3.05 bits per heavy atom. The summed E-state index contributed by atoms with van der Waals surface area (Å²) in [6.45, 7) is 1.60. The highest BCUT2D eigenvalue weighted by molar-refractivity contribution is 9.10. The summed E-state index contributed by atoms with van der Waals surface area (Å²) in [5.41, 5.74) is 3.14. The van der Waals surface area contributed by atoms with Crippen LogP contribution in [0.5, 0.6) is 0 Å². The second-order valence-electron chi connectivity index (χ2n) is 4.94. The maximum atomic E-state index is 12.4. The fraction of sp³-hybridized carbons (Fsp3) is 0.267. The summed E-state index contributed by atoms with van der Waals surface area (Å²) in [6, 6.07) is 8.00. The molecule has 2 aromatic rings. The fourth-order valence-corrected chi connectivity index (χ4v) is 3.89. The second-order valence-corrected chi connectivity index (χ2v) is 6.85. The third-order valence-corrected chi connectivity index (χ3v) is 5.11. The van der Waals surface area contributed by atoms with Crippen LogP contribution in [-0.2, 0) is 13.0 Å². The number of fused-ring (bicyclic) bond motifs is 1. The van der Waals surface area contributed by atoms with Gasteiger partial charge in [-0.3, -0.25) is 4.79 Å². The topological polar surface area (TPSA) is 32.3 Å². The Kier molecular flexibility index (Phi) is 3.81. The smallest absolute Gasteiger partial charge is 0.253 e. The molecule has 0 radical (unpaired) electrons. The fourth-order valence-electron chi connectivity index (χ4n) is 2.39. The Bertz CT molecular complexity index is 653. The Labute approximate surface area is 130 Å². The van der Waals surface area contributed by atoms with Crippen molar-refractivity contribution in [3.63, 3.8) is 0 Å². The summed E-state index contributed by atoms with van der Waals surface area (Å²) in [5, 5.41) is 5.35. The molecule has 5 heteroatoms. The Hall–Kier alpha value is -1.33. The number of nitrogens with one attached hydrogen (secondary N) is 1. The van der Waals surface area contributed by atoms with E-state index in [-0.39, 0.29) is 5.91 Å². The molecule has 1 aromatic carbocycles. The number of hydrogen-bond acceptors (Lipinski definition) is 3. The summed E-state index contributed by atoms with van der Waals surface area (Å²) in [7, 11) is 1.84. The van der Waals surface area contributed by atoms with Crippen LogP contribution in [0.1, 0.15) is 20.8 Å². The van der Waals surface area contributed by atoms with Gasteiger partial charge in [0.05, 0.1) is 6.54 Å². The van der Waals surface area contributed by atoms with Crippen molar-refractivity contribution in [2.45, 2.75) is 13.0 Å². The van der Waals surface area contributed by atoms with Gasteiger partial charge in [0.1, 0.15) is 0 Å². The summed E-state index contributed by atoms with van der Waals surface area (Å²) in [6.07, 6.45) is 1.04. The monoisotopic (exact) mass is 350 g/mol. The molecule has 0 saturated heterocycles. The lowest BCUT2D eigenvalue weighted by molar-refractivity contribution is 0.0786. The SMILES string of the molecule is CN(Cc1cc(Br)cs1)C(=O)c1ccc2c(c1)NCC2. The maximum absolute atomic E-state index is 12.4. The van der Waals surface area contributed by atoms with Gasteiger partial charge in [-0.1, -0.05) is 6.07 Å². The molecule has 3 rings (SSSR count). The molecular formula is C15H15BrN2OS. The van der Waals surface area contributed by atoms with Crippen LogP contribution < -0.4 is 5.32 Å². The molecule has 2 heterocycles. The van der Waals surface area contributed by atoms with Gasteiger partial charge in [-0.15, -0.1) is 11.3 Å². The predicted octanol–water partition coefficient (Wildman–Crippen LogP) is 3.75. The third kappa shape index (κ3) is 2.74. The summed E-state index contributed by atoms with van der Waals surface area (Å²) in [4.78, 5) is 15.4. The van der Waals surface area contributed by atoms with E-state index in [1.807, 2.05) is 24.6 Å². The number of hydrogen-bond donors (Lipinski definition) is 1. The standard InChI is InChI=1S/C15H15BrN2OS/c1-18(8-13-7-12(16)9-20-13)15(19)11-3-2-10-4-5-17-14(10)6-11/h2-3,6-7,9,17H,4-5,8H2,1H3. The molecule has 0 aliphatic carbocycles. The van der Waals surface area contributed by atoms with Gasteiger partial charge in [-0.25, -0.2) is 0 Å². The van der Waals surface area contributed by atoms with Gasteiger partial charge < -0.3 is 10.2 Å². The molecule has 0 saturated carbocycles. The van der Waals surface area contributed by atoms with Crippen LogP contribution in [0.25, 0.3) is 0 Å². The Balaban J connectivity index is 1.74. The number of rotatable bonds is 3. The summed E-state index contributed by atoms with van der Waals surface area (Å²) in [5.74, 6) is 0.0611. The number of carbonyl (C=O) groups is 1. The van der Waals surface area contributed by atoms with E-state index in [0.29, 0.717) is 6.54 Å². The van der Waals surface area contributed by atoms with E-state index in [1.165, 1.54) is 10.4 Å². The first-order chi connectivity index (χ1) is 9.63. The van der Waals surface area contributed by atoms with E-state index < -0.39 is 0 Å². The molecule has 1 aliphatic heterocycles. The van der Waals surface area contributed by atoms with Crippen LogP contribution in [0.15, 0.2) is 34.1 Å². The van der Waals surface area contributed by atoms with E-state index in [0.717, 1.165) is 28.7 Å². The number of carbonyl (C=O) groups excluding carboxylic acids is 1. The number of anilines is 1. The summed E-state index contributed by atoms with van der Waals surface area (Å²) < 4.78 is 1.07. The zero-order valence-electron chi connectivity index (χ0n) is 11.1. The molecule has 0 atom stereocenters. The lowest BCUT2D eigenvalue weighted by Crippen LogP contribution is -2.25. The Morgan fingerprint density at radius 2 is 2.30 bits per heavy atom. The maximum Gasteiger partial charge on any atom is 0.253 e. The first-order valence-electron chi connectivity index (χ1n) is 6.48. The van der Waals surface area contributed by atoms with Gasteiger partial charge in [0.2, 0.25) is 0 Å². The van der Waals surface area contributed by atoms with E-state index >= 15 is 0 Å². The van der Waals surface area contributed by atoms with E-state index in [2.05, 4.69) is 33.4 Å². The van der Waals surface area contributed by atoms with Crippen molar-refractivity contribution in [2.75, 3.05) is 18.9 Å². The number of amides is 1. The number of nitrogens with zero attached hydrogens (tertiary/aromatic N) is 1. The minimum absolute atomic E-state index is 0.0611. The number of thiophene rings is 1. The number of benzene rings is 1. The second kappa shape index (κ2) is 5.58. The quantitative estimate of drug-likeness (QED) is 0.914. The van der Waals surface area contributed by atoms with Crippen molar-refractivity contribution in [3.8, 4) is 0 Å². The van der Waals surface area contributed by atoms with Crippen molar-refractivity contribution in [1.29, 1.82) is 0 Å².